The van der Waals surface area contributed by atoms with Crippen LogP contribution < -0.4 is 5.46 Å². The van der Waals surface area contributed by atoms with Crippen molar-refractivity contribution in [1.82, 2.24) is 0 Å². The molecular weight excluding hydrogens is 378 g/mol. The van der Waals surface area contributed by atoms with Gasteiger partial charge >= 0.3 is 7.12 Å². The molecule has 2 nitrogen and oxygen atoms in total. The van der Waals surface area contributed by atoms with E-state index < -0.39 is 7.12 Å². The highest BCUT2D eigenvalue weighted by Crippen LogP contribution is 2.32. The summed E-state index contributed by atoms with van der Waals surface area (Å²) >= 11 is 7.29. The molecule has 2 aromatic rings. The Kier molecular flexibility index (Phi) is 3.18. The van der Waals surface area contributed by atoms with E-state index in [2.05, 4.69) is 38.5 Å². The Labute approximate surface area is 107 Å². The van der Waals surface area contributed by atoms with E-state index in [9.17, 15) is 0 Å². The Bertz CT molecular complexity index is 485. The summed E-state index contributed by atoms with van der Waals surface area (Å²) in [6.45, 7) is 0. The first kappa shape index (κ1) is 10.9. The Morgan fingerprint density at radius 3 is 2.71 bits per heavy atom. The molecule has 0 bridgehead atoms. The molecule has 2 N–H and O–H groups in total. The lowest BCUT2D eigenvalue weighted by molar-refractivity contribution is 0.426. The lowest BCUT2D eigenvalue weighted by atomic mass is 9.80. The predicted molar refractivity (Wildman–Crippen MR) is 72.1 cm³/mol. The smallest absolute Gasteiger partial charge is 0.423 e. The van der Waals surface area contributed by atoms with Crippen molar-refractivity contribution >= 4 is 72.5 Å². The van der Waals surface area contributed by atoms with Crippen molar-refractivity contribution in [3.63, 3.8) is 0 Å². The summed E-state index contributed by atoms with van der Waals surface area (Å²) in [7, 11) is -1.41. The normalized spacial score (nSPS) is 10.9. The van der Waals surface area contributed by atoms with Crippen molar-refractivity contribution in [2.24, 2.45) is 0 Å². The number of rotatable bonds is 1. The lowest BCUT2D eigenvalue weighted by Gasteiger charge is -2.01. The third kappa shape index (κ3) is 1.86. The van der Waals surface area contributed by atoms with Crippen LogP contribution in [-0.2, 0) is 0 Å². The molecule has 72 valence electrons. The maximum atomic E-state index is 9.07. The highest BCUT2D eigenvalue weighted by Gasteiger charge is 2.15. The summed E-state index contributed by atoms with van der Waals surface area (Å²) in [5.41, 5.74) is 0.515. The molecule has 0 unspecified atom stereocenters. The van der Waals surface area contributed by atoms with Gasteiger partial charge in [-0.1, -0.05) is 6.07 Å². The molecular formula is C8H5BBrIO2S. The summed E-state index contributed by atoms with van der Waals surface area (Å²) in [4.78, 5) is 0. The van der Waals surface area contributed by atoms with Gasteiger partial charge in [0.25, 0.3) is 0 Å². The number of hydrogen-bond donors (Lipinski definition) is 2. The van der Waals surface area contributed by atoms with E-state index in [1.807, 2.05) is 11.4 Å². The average Bonchev–Trinajstić information content (AvgIpc) is 2.48. The second-order valence-corrected chi connectivity index (χ2v) is 5.73. The van der Waals surface area contributed by atoms with Crippen LogP contribution in [0.25, 0.3) is 10.1 Å². The molecule has 0 saturated carbocycles. The van der Waals surface area contributed by atoms with Crippen molar-refractivity contribution in [3.05, 3.63) is 25.6 Å². The SMILES string of the molecule is OB(O)c1cc(Br)c2scc(I)c2c1. The first-order valence-corrected chi connectivity index (χ1v) is 6.57. The van der Waals surface area contributed by atoms with Gasteiger partial charge in [-0.3, -0.25) is 0 Å². The molecule has 0 atom stereocenters. The largest absolute Gasteiger partial charge is 0.488 e. The standard InChI is InChI=1S/C8H5BBrIO2S/c10-6-2-4(9(12)13)1-5-7(11)3-14-8(5)6/h1-3,12-13H. The molecule has 0 aliphatic rings. The van der Waals surface area contributed by atoms with E-state index in [4.69, 9.17) is 10.0 Å². The summed E-state index contributed by atoms with van der Waals surface area (Å²) < 4.78 is 3.18. The molecule has 2 rings (SSSR count). The molecule has 0 spiro atoms. The van der Waals surface area contributed by atoms with Gasteiger partial charge in [-0.15, -0.1) is 11.3 Å². The van der Waals surface area contributed by atoms with Crippen molar-refractivity contribution in [2.45, 2.75) is 0 Å². The number of halogens is 2. The zero-order valence-electron chi connectivity index (χ0n) is 6.87. The minimum Gasteiger partial charge on any atom is -0.423 e. The minimum atomic E-state index is -1.41. The van der Waals surface area contributed by atoms with E-state index in [-0.39, 0.29) is 0 Å². The highest BCUT2D eigenvalue weighted by atomic mass is 127. The molecule has 0 saturated heterocycles. The molecule has 6 heteroatoms. The number of thiophene rings is 1. The van der Waals surface area contributed by atoms with Gasteiger partial charge in [-0.25, -0.2) is 0 Å². The maximum Gasteiger partial charge on any atom is 0.488 e. The molecule has 1 aromatic heterocycles. The highest BCUT2D eigenvalue weighted by molar-refractivity contribution is 14.1. The zero-order chi connectivity index (χ0) is 10.3. The van der Waals surface area contributed by atoms with Crippen LogP contribution in [0, 0.1) is 3.57 Å². The molecule has 0 aliphatic heterocycles. The third-order valence-corrected chi connectivity index (χ3v) is 5.13. The fraction of sp³-hybridized carbons (Fsp3) is 0. The topological polar surface area (TPSA) is 40.5 Å². The van der Waals surface area contributed by atoms with Gasteiger partial charge < -0.3 is 10.0 Å². The summed E-state index contributed by atoms with van der Waals surface area (Å²) in [5, 5.41) is 21.3. The van der Waals surface area contributed by atoms with Gasteiger partial charge in [0.15, 0.2) is 0 Å². The van der Waals surface area contributed by atoms with Gasteiger partial charge in [-0.05, 0) is 50.0 Å². The van der Waals surface area contributed by atoms with Gasteiger partial charge in [-0.2, -0.15) is 0 Å². The van der Waals surface area contributed by atoms with Crippen LogP contribution in [0.15, 0.2) is 22.0 Å². The number of benzene rings is 1. The first-order chi connectivity index (χ1) is 6.59. The predicted octanol–water partition coefficient (Wildman–Crippen LogP) is 1.95. The Morgan fingerprint density at radius 1 is 1.36 bits per heavy atom. The monoisotopic (exact) mass is 382 g/mol. The van der Waals surface area contributed by atoms with Crippen LogP contribution in [-0.4, -0.2) is 17.2 Å². The van der Waals surface area contributed by atoms with Gasteiger partial charge in [0, 0.05) is 23.5 Å². The lowest BCUT2D eigenvalue weighted by Crippen LogP contribution is -2.29. The molecule has 14 heavy (non-hydrogen) atoms. The zero-order valence-corrected chi connectivity index (χ0v) is 11.4. The first-order valence-electron chi connectivity index (χ1n) is 3.82. The van der Waals surface area contributed by atoms with Crippen molar-refractivity contribution in [2.75, 3.05) is 0 Å². The summed E-state index contributed by atoms with van der Waals surface area (Å²) in [6.07, 6.45) is 0. The van der Waals surface area contributed by atoms with Crippen molar-refractivity contribution in [1.29, 1.82) is 0 Å². The fourth-order valence-corrected chi connectivity index (χ4v) is 3.80. The van der Waals surface area contributed by atoms with Crippen LogP contribution >= 0.6 is 49.9 Å². The Balaban J connectivity index is 2.75. The third-order valence-electron chi connectivity index (χ3n) is 1.90. The Morgan fingerprint density at radius 2 is 2.07 bits per heavy atom. The average molecular weight is 383 g/mol. The fourth-order valence-electron chi connectivity index (χ4n) is 1.23. The minimum absolute atomic E-state index is 0.515. The molecule has 0 aliphatic carbocycles. The van der Waals surface area contributed by atoms with E-state index in [1.165, 1.54) is 0 Å². The molecule has 0 amide bonds. The molecule has 1 heterocycles. The molecule has 1 aromatic carbocycles. The second-order valence-electron chi connectivity index (χ2n) is 2.84. The van der Waals surface area contributed by atoms with Gasteiger partial charge in [0.1, 0.15) is 0 Å². The van der Waals surface area contributed by atoms with E-state index in [1.54, 1.807) is 17.4 Å². The summed E-state index contributed by atoms with van der Waals surface area (Å²) in [6, 6.07) is 3.54. The summed E-state index contributed by atoms with van der Waals surface area (Å²) in [5.74, 6) is 0. The van der Waals surface area contributed by atoms with Crippen LogP contribution in [0.5, 0.6) is 0 Å². The van der Waals surface area contributed by atoms with E-state index in [0.717, 1.165) is 18.1 Å². The van der Waals surface area contributed by atoms with Crippen LogP contribution in [0.2, 0.25) is 0 Å². The van der Waals surface area contributed by atoms with Crippen LogP contribution in [0.1, 0.15) is 0 Å². The molecule has 0 radical (unpaired) electrons. The number of fused-ring (bicyclic) bond motifs is 1. The van der Waals surface area contributed by atoms with Crippen molar-refractivity contribution < 1.29 is 10.0 Å². The van der Waals surface area contributed by atoms with E-state index in [0.29, 0.717) is 5.46 Å². The van der Waals surface area contributed by atoms with Gasteiger partial charge in [0.05, 0.1) is 0 Å². The van der Waals surface area contributed by atoms with Gasteiger partial charge in [0.2, 0.25) is 0 Å². The second kappa shape index (κ2) is 4.09. The van der Waals surface area contributed by atoms with E-state index >= 15 is 0 Å². The van der Waals surface area contributed by atoms with Crippen molar-refractivity contribution in [3.8, 4) is 0 Å². The van der Waals surface area contributed by atoms with Crippen LogP contribution in [0.3, 0.4) is 0 Å². The maximum absolute atomic E-state index is 9.07. The van der Waals surface area contributed by atoms with Crippen LogP contribution in [0.4, 0.5) is 0 Å². The Hall–Kier alpha value is 0.375. The number of hydrogen-bond acceptors (Lipinski definition) is 3. The molecule has 0 fully saturated rings. The quantitative estimate of drug-likeness (QED) is 0.584.